The molecule has 0 spiro atoms. The molecule has 0 aliphatic heterocycles. The first kappa shape index (κ1) is 8.76. The van der Waals surface area contributed by atoms with Crippen molar-refractivity contribution >= 4 is 0 Å². The third kappa shape index (κ3) is 1.61. The van der Waals surface area contributed by atoms with Gasteiger partial charge in [-0.25, -0.2) is 0 Å². The summed E-state index contributed by atoms with van der Waals surface area (Å²) in [5.74, 6) is 1.39. The molecule has 0 saturated carbocycles. The Hall–Kier alpha value is -0.820. The van der Waals surface area contributed by atoms with E-state index in [9.17, 15) is 0 Å². The van der Waals surface area contributed by atoms with E-state index >= 15 is 0 Å². The van der Waals surface area contributed by atoms with Gasteiger partial charge < -0.3 is 5.73 Å². The second-order valence-electron chi connectivity index (χ2n) is 4.18. The first-order chi connectivity index (χ1) is 6.31. The zero-order valence-corrected chi connectivity index (χ0v) is 8.16. The fraction of sp³-hybridized carbons (Fsp3) is 0.500. The monoisotopic (exact) mass is 175 g/mol. The average molecular weight is 175 g/mol. The van der Waals surface area contributed by atoms with Crippen LogP contribution in [0.25, 0.3) is 0 Å². The molecular weight excluding hydrogens is 158 g/mol. The van der Waals surface area contributed by atoms with Gasteiger partial charge in [-0.2, -0.15) is 0 Å². The van der Waals surface area contributed by atoms with Gasteiger partial charge in [-0.1, -0.05) is 31.2 Å². The van der Waals surface area contributed by atoms with Crippen LogP contribution in [0.2, 0.25) is 0 Å². The van der Waals surface area contributed by atoms with Gasteiger partial charge in [0.2, 0.25) is 0 Å². The van der Waals surface area contributed by atoms with Crippen molar-refractivity contribution in [3.63, 3.8) is 0 Å². The summed E-state index contributed by atoms with van der Waals surface area (Å²) in [5.41, 5.74) is 8.78. The standard InChI is InChI=1S/C12H17N/c1-9-6-10-4-2-3-5-12(10)11(7-9)8-13/h2-5,9,11H,6-8,13H2,1H3. The molecule has 1 aromatic carbocycles. The van der Waals surface area contributed by atoms with Crippen LogP contribution in [0, 0.1) is 5.92 Å². The summed E-state index contributed by atoms with van der Waals surface area (Å²) in [4.78, 5) is 0. The van der Waals surface area contributed by atoms with Crippen LogP contribution in [-0.4, -0.2) is 6.54 Å². The molecule has 1 heteroatoms. The maximum absolute atomic E-state index is 5.78. The van der Waals surface area contributed by atoms with Crippen LogP contribution in [0.1, 0.15) is 30.4 Å². The lowest BCUT2D eigenvalue weighted by Gasteiger charge is -2.28. The predicted molar refractivity (Wildman–Crippen MR) is 55.7 cm³/mol. The van der Waals surface area contributed by atoms with Gasteiger partial charge in [-0.05, 0) is 42.3 Å². The molecule has 13 heavy (non-hydrogen) atoms. The van der Waals surface area contributed by atoms with E-state index in [0.717, 1.165) is 12.5 Å². The van der Waals surface area contributed by atoms with E-state index in [1.165, 1.54) is 24.0 Å². The molecule has 0 radical (unpaired) electrons. The minimum absolute atomic E-state index is 0.597. The maximum atomic E-state index is 5.78. The minimum atomic E-state index is 0.597. The minimum Gasteiger partial charge on any atom is -0.330 e. The van der Waals surface area contributed by atoms with E-state index in [-0.39, 0.29) is 0 Å². The summed E-state index contributed by atoms with van der Waals surface area (Å²) in [7, 11) is 0. The number of rotatable bonds is 1. The average Bonchev–Trinajstić information content (AvgIpc) is 2.16. The largest absolute Gasteiger partial charge is 0.330 e. The lowest BCUT2D eigenvalue weighted by molar-refractivity contribution is 0.436. The van der Waals surface area contributed by atoms with Gasteiger partial charge in [-0.3, -0.25) is 0 Å². The summed E-state index contributed by atoms with van der Waals surface area (Å²) in [6.45, 7) is 3.11. The lowest BCUT2D eigenvalue weighted by atomic mass is 9.78. The number of fused-ring (bicyclic) bond motifs is 1. The lowest BCUT2D eigenvalue weighted by Crippen LogP contribution is -2.22. The Balaban J connectivity index is 2.37. The van der Waals surface area contributed by atoms with Gasteiger partial charge in [0.15, 0.2) is 0 Å². The van der Waals surface area contributed by atoms with Gasteiger partial charge in [0.1, 0.15) is 0 Å². The third-order valence-corrected chi connectivity index (χ3v) is 3.03. The van der Waals surface area contributed by atoms with Crippen molar-refractivity contribution < 1.29 is 0 Å². The summed E-state index contributed by atoms with van der Waals surface area (Å²) in [5, 5.41) is 0. The molecule has 1 nitrogen and oxygen atoms in total. The van der Waals surface area contributed by atoms with Crippen molar-refractivity contribution in [2.75, 3.05) is 6.54 Å². The molecule has 2 N–H and O–H groups in total. The first-order valence-electron chi connectivity index (χ1n) is 5.09. The smallest absolute Gasteiger partial charge is 0.000803 e. The topological polar surface area (TPSA) is 26.0 Å². The first-order valence-corrected chi connectivity index (χ1v) is 5.09. The molecule has 0 fully saturated rings. The van der Waals surface area contributed by atoms with Crippen molar-refractivity contribution in [2.45, 2.75) is 25.7 Å². The van der Waals surface area contributed by atoms with Crippen LogP contribution < -0.4 is 5.73 Å². The van der Waals surface area contributed by atoms with Crippen molar-refractivity contribution in [3.8, 4) is 0 Å². The molecule has 0 aromatic heterocycles. The van der Waals surface area contributed by atoms with Crippen LogP contribution in [0.5, 0.6) is 0 Å². The molecule has 0 amide bonds. The highest BCUT2D eigenvalue weighted by atomic mass is 14.6. The zero-order valence-electron chi connectivity index (χ0n) is 8.16. The van der Waals surface area contributed by atoms with E-state index < -0.39 is 0 Å². The number of benzene rings is 1. The van der Waals surface area contributed by atoms with Crippen molar-refractivity contribution in [1.29, 1.82) is 0 Å². The SMILES string of the molecule is CC1Cc2ccccc2C(CN)C1. The van der Waals surface area contributed by atoms with Gasteiger partial charge in [0, 0.05) is 0 Å². The molecule has 2 atom stereocenters. The Kier molecular flexibility index (Phi) is 2.36. The number of nitrogens with two attached hydrogens (primary N) is 1. The molecule has 1 aromatic rings. The van der Waals surface area contributed by atoms with Gasteiger partial charge >= 0.3 is 0 Å². The maximum Gasteiger partial charge on any atom is -0.000803 e. The molecule has 70 valence electrons. The summed E-state index contributed by atoms with van der Waals surface area (Å²) < 4.78 is 0. The second kappa shape index (κ2) is 3.51. The number of hydrogen-bond acceptors (Lipinski definition) is 1. The van der Waals surface area contributed by atoms with E-state index in [1.807, 2.05) is 0 Å². The highest BCUT2D eigenvalue weighted by Crippen LogP contribution is 2.33. The molecule has 2 unspecified atom stereocenters. The Morgan fingerprint density at radius 1 is 1.38 bits per heavy atom. The van der Waals surface area contributed by atoms with Crippen LogP contribution in [0.15, 0.2) is 24.3 Å². The molecule has 0 saturated heterocycles. The molecule has 0 heterocycles. The quantitative estimate of drug-likeness (QED) is 0.696. The van der Waals surface area contributed by atoms with E-state index in [0.29, 0.717) is 5.92 Å². The Labute approximate surface area is 80.0 Å². The summed E-state index contributed by atoms with van der Waals surface area (Å²) >= 11 is 0. The fourth-order valence-corrected chi connectivity index (χ4v) is 2.41. The van der Waals surface area contributed by atoms with Crippen molar-refractivity contribution in [1.82, 2.24) is 0 Å². The number of hydrogen-bond donors (Lipinski definition) is 1. The predicted octanol–water partition coefficient (Wildman–Crippen LogP) is 2.31. The van der Waals surface area contributed by atoms with Gasteiger partial charge in [0.05, 0.1) is 0 Å². The summed E-state index contributed by atoms with van der Waals surface area (Å²) in [6.07, 6.45) is 2.49. The highest BCUT2D eigenvalue weighted by molar-refractivity contribution is 5.33. The second-order valence-corrected chi connectivity index (χ2v) is 4.18. The van der Waals surface area contributed by atoms with Crippen molar-refractivity contribution in [3.05, 3.63) is 35.4 Å². The molecule has 2 rings (SSSR count). The van der Waals surface area contributed by atoms with Gasteiger partial charge in [0.25, 0.3) is 0 Å². The van der Waals surface area contributed by atoms with Crippen LogP contribution >= 0.6 is 0 Å². The zero-order chi connectivity index (χ0) is 9.26. The third-order valence-electron chi connectivity index (χ3n) is 3.03. The van der Waals surface area contributed by atoms with Crippen LogP contribution in [0.4, 0.5) is 0 Å². The van der Waals surface area contributed by atoms with E-state index in [1.54, 1.807) is 0 Å². The Morgan fingerprint density at radius 2 is 2.15 bits per heavy atom. The Morgan fingerprint density at radius 3 is 2.92 bits per heavy atom. The molecule has 0 bridgehead atoms. The van der Waals surface area contributed by atoms with E-state index in [2.05, 4.69) is 31.2 Å². The molecular formula is C12H17N. The molecule has 1 aliphatic carbocycles. The van der Waals surface area contributed by atoms with Crippen LogP contribution in [-0.2, 0) is 6.42 Å². The Bertz CT molecular complexity index is 293. The summed E-state index contributed by atoms with van der Waals surface area (Å²) in [6, 6.07) is 8.73. The van der Waals surface area contributed by atoms with Crippen molar-refractivity contribution in [2.24, 2.45) is 11.7 Å². The van der Waals surface area contributed by atoms with Crippen LogP contribution in [0.3, 0.4) is 0 Å². The normalized spacial score (nSPS) is 26.9. The molecule has 1 aliphatic rings. The fourth-order valence-electron chi connectivity index (χ4n) is 2.41. The highest BCUT2D eigenvalue weighted by Gasteiger charge is 2.22. The van der Waals surface area contributed by atoms with Gasteiger partial charge in [-0.15, -0.1) is 0 Å². The van der Waals surface area contributed by atoms with E-state index in [4.69, 9.17) is 5.73 Å².